The molecule has 0 aliphatic rings. The van der Waals surface area contributed by atoms with Gasteiger partial charge in [-0.3, -0.25) is 0 Å². The highest BCUT2D eigenvalue weighted by atomic mass is 79.9. The van der Waals surface area contributed by atoms with Gasteiger partial charge in [0.05, 0.1) is 30.9 Å². The van der Waals surface area contributed by atoms with Gasteiger partial charge < -0.3 is 20.7 Å². The summed E-state index contributed by atoms with van der Waals surface area (Å²) < 4.78 is 46.7. The Kier molecular flexibility index (Phi) is 8.27. The summed E-state index contributed by atoms with van der Waals surface area (Å²) in [5, 5.41) is 18.3. The van der Waals surface area contributed by atoms with E-state index in [1.165, 1.54) is 24.3 Å². The van der Waals surface area contributed by atoms with Crippen LogP contribution in [0.3, 0.4) is 0 Å². The molecule has 0 fully saturated rings. The molecule has 0 amide bonds. The number of nitrogens with two attached hydrogens (primary N) is 1. The van der Waals surface area contributed by atoms with Crippen molar-refractivity contribution in [2.75, 3.05) is 19.8 Å². The fraction of sp³-hybridized carbons (Fsp3) is 0.333. The minimum absolute atomic E-state index is 0.145. The fourth-order valence-corrected chi connectivity index (χ4v) is 3.01. The van der Waals surface area contributed by atoms with Gasteiger partial charge in [-0.2, -0.15) is 13.2 Å². The minimum Gasteiger partial charge on any atom is -0.493 e. The normalized spacial score (nSPS) is 12.5. The van der Waals surface area contributed by atoms with E-state index >= 15 is 0 Å². The Morgan fingerprint density at radius 1 is 1.07 bits per heavy atom. The number of hydrogen-bond donors (Lipinski definition) is 3. The number of rotatable bonds is 9. The summed E-state index contributed by atoms with van der Waals surface area (Å²) in [5.74, 6) is -0.243. The lowest BCUT2D eigenvalue weighted by Gasteiger charge is -2.20. The molecular weight excluding hydrogens is 451 g/mol. The van der Waals surface area contributed by atoms with Crippen molar-refractivity contribution in [3.8, 4) is 5.75 Å². The molecule has 0 atom stereocenters. The van der Waals surface area contributed by atoms with Gasteiger partial charge in [0.1, 0.15) is 5.75 Å². The monoisotopic (exact) mass is 473 g/mol. The van der Waals surface area contributed by atoms with Gasteiger partial charge in [-0.1, -0.05) is 46.3 Å². The lowest BCUT2D eigenvalue weighted by Crippen LogP contribution is -2.45. The molecule has 2 aromatic carbocycles. The molecule has 158 valence electrons. The van der Waals surface area contributed by atoms with Crippen LogP contribution in [0.15, 0.2) is 53.0 Å². The van der Waals surface area contributed by atoms with Crippen LogP contribution in [0.4, 0.5) is 13.2 Å². The number of alkyl halides is 3. The van der Waals surface area contributed by atoms with Crippen molar-refractivity contribution in [2.45, 2.75) is 24.6 Å². The first-order chi connectivity index (χ1) is 13.7. The zero-order valence-electron chi connectivity index (χ0n) is 15.6. The van der Waals surface area contributed by atoms with E-state index in [-0.39, 0.29) is 17.9 Å². The second-order valence-corrected chi connectivity index (χ2v) is 7.63. The van der Waals surface area contributed by atoms with Crippen LogP contribution >= 0.6 is 15.9 Å². The van der Waals surface area contributed by atoms with E-state index in [1.807, 2.05) is 24.3 Å². The van der Waals surface area contributed by atoms with Crippen molar-refractivity contribution < 1.29 is 28.1 Å². The van der Waals surface area contributed by atoms with Crippen molar-refractivity contribution in [1.82, 2.24) is 0 Å². The third-order valence-corrected chi connectivity index (χ3v) is 4.76. The summed E-state index contributed by atoms with van der Waals surface area (Å²) in [6.07, 6.45) is -0.725. The topological polar surface area (TPSA) is 75.7 Å². The first kappa shape index (κ1) is 23.4. The molecule has 0 bridgehead atoms. The van der Waals surface area contributed by atoms with Crippen LogP contribution < -0.4 is 10.5 Å². The summed E-state index contributed by atoms with van der Waals surface area (Å²) in [7, 11) is 0. The molecule has 0 unspecified atom stereocenters. The highest BCUT2D eigenvalue weighted by Crippen LogP contribution is 2.37. The molecule has 0 saturated carbocycles. The number of halogens is 4. The maximum atomic E-state index is 13.4. The second-order valence-electron chi connectivity index (χ2n) is 6.72. The predicted octanol–water partition coefficient (Wildman–Crippen LogP) is 4.17. The number of aliphatic hydroxyl groups excluding tert-OH is 2. The molecule has 0 aliphatic heterocycles. The Labute approximate surface area is 175 Å². The minimum atomic E-state index is -4.59. The number of hydrogen-bond acceptors (Lipinski definition) is 4. The highest BCUT2D eigenvalue weighted by molar-refractivity contribution is 9.10. The van der Waals surface area contributed by atoms with Crippen molar-refractivity contribution >= 4 is 22.0 Å². The van der Waals surface area contributed by atoms with Gasteiger partial charge in [0.15, 0.2) is 0 Å². The summed E-state index contributed by atoms with van der Waals surface area (Å²) in [5.41, 5.74) is 4.71. The van der Waals surface area contributed by atoms with E-state index in [0.717, 1.165) is 16.1 Å². The van der Waals surface area contributed by atoms with Crippen molar-refractivity contribution in [2.24, 2.45) is 5.73 Å². The van der Waals surface area contributed by atoms with E-state index in [9.17, 15) is 23.4 Å². The van der Waals surface area contributed by atoms with Crippen molar-refractivity contribution in [3.63, 3.8) is 0 Å². The average Bonchev–Trinajstić information content (AvgIpc) is 2.69. The van der Waals surface area contributed by atoms with E-state index in [4.69, 9.17) is 10.5 Å². The molecule has 0 aromatic heterocycles. The maximum Gasteiger partial charge on any atom is 0.419 e. The lowest BCUT2D eigenvalue weighted by molar-refractivity contribution is -0.139. The molecule has 0 heterocycles. The lowest BCUT2D eigenvalue weighted by atomic mass is 10.0. The average molecular weight is 474 g/mol. The smallest absolute Gasteiger partial charge is 0.419 e. The molecule has 2 aromatic rings. The first-order valence-electron chi connectivity index (χ1n) is 8.95. The third-order valence-electron chi connectivity index (χ3n) is 4.26. The number of benzene rings is 2. The molecular formula is C21H23BrF3NO3. The Morgan fingerprint density at radius 2 is 1.79 bits per heavy atom. The molecule has 4 nitrogen and oxygen atoms in total. The fourth-order valence-electron chi connectivity index (χ4n) is 2.57. The van der Waals surface area contributed by atoms with Crippen LogP contribution in [0.25, 0.3) is 6.08 Å². The molecule has 0 spiro atoms. The maximum absolute atomic E-state index is 13.4. The molecule has 8 heteroatoms. The van der Waals surface area contributed by atoms with Gasteiger partial charge in [-0.15, -0.1) is 0 Å². The zero-order valence-corrected chi connectivity index (χ0v) is 17.2. The van der Waals surface area contributed by atoms with Gasteiger partial charge in [-0.05, 0) is 48.2 Å². The number of aryl methyl sites for hydroxylation is 1. The van der Waals surface area contributed by atoms with Crippen LogP contribution in [-0.4, -0.2) is 35.6 Å². The molecule has 0 radical (unpaired) electrons. The Bertz CT molecular complexity index is 836. The van der Waals surface area contributed by atoms with Crippen molar-refractivity contribution in [3.05, 3.63) is 69.7 Å². The van der Waals surface area contributed by atoms with E-state index < -0.39 is 30.5 Å². The van der Waals surface area contributed by atoms with Crippen LogP contribution in [-0.2, 0) is 12.6 Å². The second kappa shape index (κ2) is 10.2. The number of aliphatic hydroxyl groups is 2. The number of ether oxygens (including phenoxy) is 1. The Balaban J connectivity index is 2.08. The van der Waals surface area contributed by atoms with Crippen LogP contribution in [0, 0.1) is 0 Å². The Morgan fingerprint density at radius 3 is 2.41 bits per heavy atom. The molecule has 2 rings (SSSR count). The molecule has 29 heavy (non-hydrogen) atoms. The summed E-state index contributed by atoms with van der Waals surface area (Å²) in [4.78, 5) is 0. The van der Waals surface area contributed by atoms with Crippen LogP contribution in [0.5, 0.6) is 5.75 Å². The van der Waals surface area contributed by atoms with Crippen molar-refractivity contribution in [1.29, 1.82) is 0 Å². The van der Waals surface area contributed by atoms with E-state index in [1.54, 1.807) is 0 Å². The molecule has 0 saturated heterocycles. The largest absolute Gasteiger partial charge is 0.493 e. The third kappa shape index (κ3) is 7.15. The molecule has 0 aliphatic carbocycles. The van der Waals surface area contributed by atoms with Gasteiger partial charge in [-0.25, -0.2) is 0 Å². The summed E-state index contributed by atoms with van der Waals surface area (Å²) in [6, 6.07) is 11.4. The van der Waals surface area contributed by atoms with E-state index in [2.05, 4.69) is 15.9 Å². The Hall–Kier alpha value is -1.87. The van der Waals surface area contributed by atoms with E-state index in [0.29, 0.717) is 12.8 Å². The summed E-state index contributed by atoms with van der Waals surface area (Å²) in [6.45, 7) is -0.928. The zero-order chi connectivity index (χ0) is 21.5. The standard InChI is InChI=1S/C21H23BrF3NO3/c22-17-5-1-3-15(11-17)4-2-10-29-19-7-6-16(12-18(19)21(23,24)25)8-9-20(26,13-27)14-28/h1,3,5-9,11-12,27-28H,2,4,10,13-14,26H2/b9-8+. The van der Waals surface area contributed by atoms with Gasteiger partial charge in [0, 0.05) is 4.47 Å². The van der Waals surface area contributed by atoms with Crippen LogP contribution in [0.1, 0.15) is 23.1 Å². The highest BCUT2D eigenvalue weighted by Gasteiger charge is 2.34. The molecule has 4 N–H and O–H groups in total. The predicted molar refractivity (Wildman–Crippen MR) is 110 cm³/mol. The summed E-state index contributed by atoms with van der Waals surface area (Å²) >= 11 is 3.38. The van der Waals surface area contributed by atoms with Crippen LogP contribution in [0.2, 0.25) is 0 Å². The SMILES string of the molecule is NC(/C=C/c1ccc(OCCCc2cccc(Br)c2)c(C(F)(F)F)c1)(CO)CO. The van der Waals surface area contributed by atoms with Gasteiger partial charge in [0.2, 0.25) is 0 Å². The van der Waals surface area contributed by atoms with Gasteiger partial charge in [0.25, 0.3) is 0 Å². The first-order valence-corrected chi connectivity index (χ1v) is 9.74. The van der Waals surface area contributed by atoms with Gasteiger partial charge >= 0.3 is 6.18 Å². The quantitative estimate of drug-likeness (QED) is 0.477.